The van der Waals surface area contributed by atoms with E-state index in [9.17, 15) is 9.59 Å². The molecule has 0 aliphatic rings. The van der Waals surface area contributed by atoms with Gasteiger partial charge in [0.15, 0.2) is 6.61 Å². The summed E-state index contributed by atoms with van der Waals surface area (Å²) >= 11 is 0. The lowest BCUT2D eigenvalue weighted by molar-refractivity contribution is -0.148. The van der Waals surface area contributed by atoms with Crippen LogP contribution in [-0.2, 0) is 14.3 Å². The zero-order chi connectivity index (χ0) is 19.2. The number of hydrogen-bond acceptors (Lipinski definition) is 4. The lowest BCUT2D eigenvalue weighted by Crippen LogP contribution is -2.22. The average molecular weight is 354 g/mol. The number of carbonyl (C=O) groups is 2. The average Bonchev–Trinajstić information content (AvgIpc) is 2.58. The number of carboxylic acid groups (broad SMARTS) is 1. The van der Waals surface area contributed by atoms with Crippen LogP contribution in [0.15, 0.2) is 54.6 Å². The van der Waals surface area contributed by atoms with Gasteiger partial charge in [0.2, 0.25) is 0 Å². The van der Waals surface area contributed by atoms with Crippen LogP contribution in [0.1, 0.15) is 26.3 Å². The maximum Gasteiger partial charge on any atom is 0.341 e. The molecule has 2 aromatic rings. The number of rotatable bonds is 6. The highest BCUT2D eigenvalue weighted by Crippen LogP contribution is 2.23. The van der Waals surface area contributed by atoms with Crippen molar-refractivity contribution < 1.29 is 24.2 Å². The summed E-state index contributed by atoms with van der Waals surface area (Å²) in [6.07, 6.45) is 3.12. The highest BCUT2D eigenvalue weighted by atomic mass is 16.6. The zero-order valence-electron chi connectivity index (χ0n) is 15.1. The van der Waals surface area contributed by atoms with Crippen molar-refractivity contribution in [2.45, 2.75) is 26.4 Å². The van der Waals surface area contributed by atoms with Crippen molar-refractivity contribution in [1.29, 1.82) is 0 Å². The van der Waals surface area contributed by atoms with E-state index in [1.807, 2.05) is 57.2 Å². The van der Waals surface area contributed by atoms with Crippen LogP contribution in [0.25, 0.3) is 17.2 Å². The number of carboxylic acids is 1. The molecule has 136 valence electrons. The molecule has 26 heavy (non-hydrogen) atoms. The monoisotopic (exact) mass is 354 g/mol. The number of hydrogen-bond donors (Lipinski definition) is 1. The van der Waals surface area contributed by atoms with Crippen molar-refractivity contribution in [3.8, 4) is 16.9 Å². The largest absolute Gasteiger partial charge is 0.482 e. The molecule has 1 N–H and O–H groups in total. The smallest absolute Gasteiger partial charge is 0.341 e. The van der Waals surface area contributed by atoms with E-state index >= 15 is 0 Å². The summed E-state index contributed by atoms with van der Waals surface area (Å²) in [6.45, 7) is 5.11. The third-order valence-electron chi connectivity index (χ3n) is 3.28. The predicted octanol–water partition coefficient (Wildman–Crippen LogP) is 4.17. The fraction of sp³-hybridized carbons (Fsp3) is 0.238. The number of aliphatic carboxylic acids is 1. The highest BCUT2D eigenvalue weighted by molar-refractivity contribution is 5.87. The van der Waals surface area contributed by atoms with Crippen molar-refractivity contribution in [3.63, 3.8) is 0 Å². The van der Waals surface area contributed by atoms with Gasteiger partial charge in [0.1, 0.15) is 11.4 Å². The van der Waals surface area contributed by atoms with Gasteiger partial charge in [-0.1, -0.05) is 36.4 Å². The van der Waals surface area contributed by atoms with Crippen LogP contribution in [0.3, 0.4) is 0 Å². The van der Waals surface area contributed by atoms with E-state index in [1.165, 1.54) is 6.08 Å². The molecule has 0 radical (unpaired) electrons. The van der Waals surface area contributed by atoms with Crippen molar-refractivity contribution in [2.75, 3.05) is 6.61 Å². The molecule has 0 bridgehead atoms. The second-order valence-electron chi connectivity index (χ2n) is 6.70. The van der Waals surface area contributed by atoms with E-state index in [2.05, 4.69) is 0 Å². The third kappa shape index (κ3) is 6.43. The van der Waals surface area contributed by atoms with Gasteiger partial charge in [0.05, 0.1) is 0 Å². The molecule has 0 unspecified atom stereocenters. The van der Waals surface area contributed by atoms with Gasteiger partial charge in [-0.25, -0.2) is 9.59 Å². The summed E-state index contributed by atoms with van der Waals surface area (Å²) in [7, 11) is 0. The molecule has 0 atom stereocenters. The normalized spacial score (nSPS) is 11.3. The minimum Gasteiger partial charge on any atom is -0.482 e. The van der Waals surface area contributed by atoms with Crippen molar-refractivity contribution in [3.05, 3.63) is 60.2 Å². The minimum absolute atomic E-state index is 0.363. The summed E-state index contributed by atoms with van der Waals surface area (Å²) in [5.74, 6) is -0.879. The molecule has 2 aromatic carbocycles. The molecular formula is C21H22O5. The first-order valence-electron chi connectivity index (χ1n) is 8.19. The van der Waals surface area contributed by atoms with Crippen LogP contribution >= 0.6 is 0 Å². The van der Waals surface area contributed by atoms with Crippen LogP contribution < -0.4 is 4.74 Å². The van der Waals surface area contributed by atoms with Crippen molar-refractivity contribution >= 4 is 18.0 Å². The Kier molecular flexibility index (Phi) is 6.17. The SMILES string of the molecule is CC(C)(C)OC(=O)C=Cc1ccc(-c2ccc(OCC(=O)O)cc2)cc1. The summed E-state index contributed by atoms with van der Waals surface area (Å²) in [6, 6.07) is 14.9. The van der Waals surface area contributed by atoms with Gasteiger partial charge in [0.25, 0.3) is 0 Å². The molecule has 0 aromatic heterocycles. The molecule has 0 aliphatic heterocycles. The van der Waals surface area contributed by atoms with E-state index in [0.717, 1.165) is 16.7 Å². The Bertz CT molecular complexity index is 781. The maximum atomic E-state index is 11.7. The van der Waals surface area contributed by atoms with Gasteiger partial charge >= 0.3 is 11.9 Å². The van der Waals surface area contributed by atoms with Gasteiger partial charge in [-0.3, -0.25) is 0 Å². The molecular weight excluding hydrogens is 332 g/mol. The van der Waals surface area contributed by atoms with Crippen LogP contribution in [0.4, 0.5) is 0 Å². The van der Waals surface area contributed by atoms with Gasteiger partial charge in [-0.15, -0.1) is 0 Å². The van der Waals surface area contributed by atoms with E-state index in [4.69, 9.17) is 14.6 Å². The summed E-state index contributed by atoms with van der Waals surface area (Å²) in [5.41, 5.74) is 2.37. The molecule has 2 rings (SSSR count). The fourth-order valence-electron chi connectivity index (χ4n) is 2.18. The molecule has 5 nitrogen and oxygen atoms in total. The van der Waals surface area contributed by atoms with Gasteiger partial charge < -0.3 is 14.6 Å². The summed E-state index contributed by atoms with van der Waals surface area (Å²) in [5, 5.41) is 8.61. The zero-order valence-corrected chi connectivity index (χ0v) is 15.1. The van der Waals surface area contributed by atoms with Crippen LogP contribution in [0, 0.1) is 0 Å². The van der Waals surface area contributed by atoms with E-state index < -0.39 is 11.6 Å². The molecule has 0 amide bonds. The second-order valence-corrected chi connectivity index (χ2v) is 6.70. The van der Waals surface area contributed by atoms with Crippen LogP contribution in [0.2, 0.25) is 0 Å². The Hall–Kier alpha value is -3.08. The Morgan fingerprint density at radius 3 is 2.00 bits per heavy atom. The Labute approximate surface area is 152 Å². The molecule has 0 saturated heterocycles. The molecule has 0 aliphatic carbocycles. The van der Waals surface area contributed by atoms with E-state index in [1.54, 1.807) is 18.2 Å². The topological polar surface area (TPSA) is 72.8 Å². The number of ether oxygens (including phenoxy) is 2. The first kappa shape index (κ1) is 19.2. The lowest BCUT2D eigenvalue weighted by Gasteiger charge is -2.17. The van der Waals surface area contributed by atoms with Gasteiger partial charge in [-0.2, -0.15) is 0 Å². The lowest BCUT2D eigenvalue weighted by atomic mass is 10.0. The van der Waals surface area contributed by atoms with Crippen molar-refractivity contribution in [2.24, 2.45) is 0 Å². The molecule has 0 heterocycles. The number of carbonyl (C=O) groups excluding carboxylic acids is 1. The quantitative estimate of drug-likeness (QED) is 0.622. The Balaban J connectivity index is 2.00. The van der Waals surface area contributed by atoms with E-state index in [0.29, 0.717) is 5.75 Å². The van der Waals surface area contributed by atoms with Gasteiger partial charge in [0, 0.05) is 6.08 Å². The molecule has 0 saturated carbocycles. The van der Waals surface area contributed by atoms with Gasteiger partial charge in [-0.05, 0) is 55.7 Å². The Morgan fingerprint density at radius 2 is 1.50 bits per heavy atom. The summed E-state index contributed by atoms with van der Waals surface area (Å²) < 4.78 is 10.3. The second kappa shape index (κ2) is 8.34. The standard InChI is InChI=1S/C21H22O5/c1-21(2,3)26-20(24)13-6-15-4-7-16(8-5-15)17-9-11-18(12-10-17)25-14-19(22)23/h4-13H,14H2,1-3H3,(H,22,23). The van der Waals surface area contributed by atoms with Crippen LogP contribution in [0.5, 0.6) is 5.75 Å². The first-order valence-corrected chi connectivity index (χ1v) is 8.19. The van der Waals surface area contributed by atoms with Crippen LogP contribution in [-0.4, -0.2) is 29.3 Å². The van der Waals surface area contributed by atoms with Crippen molar-refractivity contribution in [1.82, 2.24) is 0 Å². The predicted molar refractivity (Wildman–Crippen MR) is 99.9 cm³/mol. The third-order valence-corrected chi connectivity index (χ3v) is 3.28. The molecule has 0 spiro atoms. The molecule has 5 heteroatoms. The maximum absolute atomic E-state index is 11.7. The fourth-order valence-corrected chi connectivity index (χ4v) is 2.18. The summed E-state index contributed by atoms with van der Waals surface area (Å²) in [4.78, 5) is 22.2. The highest BCUT2D eigenvalue weighted by Gasteiger charge is 2.13. The molecule has 0 fully saturated rings. The Morgan fingerprint density at radius 1 is 0.962 bits per heavy atom. The number of benzene rings is 2. The first-order chi connectivity index (χ1) is 12.2. The van der Waals surface area contributed by atoms with E-state index in [-0.39, 0.29) is 12.6 Å². The minimum atomic E-state index is -1.01. The number of esters is 1.